The number of amides is 1. The molecule has 0 spiro atoms. The SMILES string of the molecule is Cc1noc(C)c1CCC(=O)Nc1cccn2nc(C3CCC3)nc12. The largest absolute Gasteiger partial charge is 0.361 e. The van der Waals surface area contributed by atoms with Crippen LogP contribution in [0.15, 0.2) is 22.9 Å². The molecule has 0 radical (unpaired) electrons. The van der Waals surface area contributed by atoms with Crippen LogP contribution < -0.4 is 5.32 Å². The maximum Gasteiger partial charge on any atom is 0.224 e. The van der Waals surface area contributed by atoms with Crippen LogP contribution in [0.1, 0.15) is 54.4 Å². The minimum absolute atomic E-state index is 0.0544. The zero-order valence-corrected chi connectivity index (χ0v) is 14.5. The first-order chi connectivity index (χ1) is 12.1. The summed E-state index contributed by atoms with van der Waals surface area (Å²) in [6.45, 7) is 3.76. The van der Waals surface area contributed by atoms with E-state index in [1.54, 1.807) is 4.52 Å². The number of nitrogens with one attached hydrogen (secondary N) is 1. The summed E-state index contributed by atoms with van der Waals surface area (Å²) in [4.78, 5) is 17.0. The average molecular weight is 339 g/mol. The standard InChI is InChI=1S/C18H21N5O2/c1-11-14(12(2)25-22-11)8-9-16(24)19-15-7-4-10-23-18(15)20-17(21-23)13-5-3-6-13/h4,7,10,13H,3,5-6,8-9H2,1-2H3,(H,19,24). The van der Waals surface area contributed by atoms with Crippen molar-refractivity contribution >= 4 is 17.2 Å². The molecular weight excluding hydrogens is 318 g/mol. The van der Waals surface area contributed by atoms with Crippen LogP contribution in [0.25, 0.3) is 5.65 Å². The second-order valence-corrected chi connectivity index (χ2v) is 6.64. The lowest BCUT2D eigenvalue weighted by Crippen LogP contribution is -2.13. The maximum atomic E-state index is 12.4. The Labute approximate surface area is 145 Å². The van der Waals surface area contributed by atoms with E-state index in [0.29, 0.717) is 30.1 Å². The first-order valence-corrected chi connectivity index (χ1v) is 8.68. The van der Waals surface area contributed by atoms with Crippen LogP contribution in [0.3, 0.4) is 0 Å². The molecule has 1 saturated carbocycles. The first kappa shape index (κ1) is 15.8. The van der Waals surface area contributed by atoms with E-state index in [-0.39, 0.29) is 5.91 Å². The van der Waals surface area contributed by atoms with Crippen LogP contribution in [0.2, 0.25) is 0 Å². The van der Waals surface area contributed by atoms with Crippen molar-refractivity contribution in [1.82, 2.24) is 19.8 Å². The van der Waals surface area contributed by atoms with Crippen molar-refractivity contribution < 1.29 is 9.32 Å². The lowest BCUT2D eigenvalue weighted by molar-refractivity contribution is -0.116. The Kier molecular flexibility index (Phi) is 3.99. The predicted octanol–water partition coefficient (Wildman–Crippen LogP) is 3.17. The molecule has 3 aromatic heterocycles. The van der Waals surface area contributed by atoms with Crippen molar-refractivity contribution in [2.75, 3.05) is 5.32 Å². The zero-order valence-electron chi connectivity index (χ0n) is 14.5. The lowest BCUT2D eigenvalue weighted by Gasteiger charge is -2.21. The van der Waals surface area contributed by atoms with Gasteiger partial charge in [-0.15, -0.1) is 0 Å². The number of hydrogen-bond donors (Lipinski definition) is 1. The summed E-state index contributed by atoms with van der Waals surface area (Å²) in [5, 5.41) is 11.4. The van der Waals surface area contributed by atoms with Gasteiger partial charge in [-0.05, 0) is 45.2 Å². The fourth-order valence-electron chi connectivity index (χ4n) is 3.17. The summed E-state index contributed by atoms with van der Waals surface area (Å²) in [5.74, 6) is 2.06. The monoisotopic (exact) mass is 339 g/mol. The molecule has 1 amide bonds. The van der Waals surface area contributed by atoms with E-state index in [0.717, 1.165) is 35.7 Å². The Bertz CT molecular complexity index is 903. The van der Waals surface area contributed by atoms with Crippen molar-refractivity contribution in [2.24, 2.45) is 0 Å². The topological polar surface area (TPSA) is 85.3 Å². The Balaban J connectivity index is 1.48. The fraction of sp³-hybridized carbons (Fsp3) is 0.444. The van der Waals surface area contributed by atoms with E-state index in [2.05, 4.69) is 20.6 Å². The van der Waals surface area contributed by atoms with Crippen molar-refractivity contribution in [3.63, 3.8) is 0 Å². The molecule has 0 bridgehead atoms. The highest BCUT2D eigenvalue weighted by Gasteiger charge is 2.24. The van der Waals surface area contributed by atoms with Crippen LogP contribution in [-0.4, -0.2) is 25.7 Å². The van der Waals surface area contributed by atoms with Gasteiger partial charge in [0.15, 0.2) is 11.5 Å². The summed E-state index contributed by atoms with van der Waals surface area (Å²) < 4.78 is 6.89. The van der Waals surface area contributed by atoms with Crippen molar-refractivity contribution in [2.45, 2.75) is 51.9 Å². The molecule has 3 aromatic rings. The molecule has 1 aliphatic rings. The highest BCUT2D eigenvalue weighted by Crippen LogP contribution is 2.35. The number of anilines is 1. The molecule has 1 N–H and O–H groups in total. The van der Waals surface area contributed by atoms with E-state index in [9.17, 15) is 4.79 Å². The van der Waals surface area contributed by atoms with Gasteiger partial charge in [0.1, 0.15) is 5.76 Å². The minimum atomic E-state index is -0.0544. The van der Waals surface area contributed by atoms with E-state index >= 15 is 0 Å². The molecule has 4 rings (SSSR count). The Hall–Kier alpha value is -2.70. The van der Waals surface area contributed by atoms with Gasteiger partial charge >= 0.3 is 0 Å². The van der Waals surface area contributed by atoms with Gasteiger partial charge in [-0.1, -0.05) is 11.6 Å². The van der Waals surface area contributed by atoms with Gasteiger partial charge in [0, 0.05) is 24.1 Å². The summed E-state index contributed by atoms with van der Waals surface area (Å²) in [7, 11) is 0. The van der Waals surface area contributed by atoms with Crippen LogP contribution in [0.5, 0.6) is 0 Å². The number of carbonyl (C=O) groups excluding carboxylic acids is 1. The predicted molar refractivity (Wildman–Crippen MR) is 92.5 cm³/mol. The number of hydrogen-bond acceptors (Lipinski definition) is 5. The molecule has 0 aliphatic heterocycles. The van der Waals surface area contributed by atoms with Gasteiger partial charge in [0.05, 0.1) is 11.4 Å². The van der Waals surface area contributed by atoms with Gasteiger partial charge in [-0.2, -0.15) is 5.10 Å². The van der Waals surface area contributed by atoms with Crippen LogP contribution >= 0.6 is 0 Å². The van der Waals surface area contributed by atoms with E-state index < -0.39 is 0 Å². The van der Waals surface area contributed by atoms with Gasteiger partial charge in [0.2, 0.25) is 5.91 Å². The molecule has 0 saturated heterocycles. The molecule has 3 heterocycles. The number of aromatic nitrogens is 4. The maximum absolute atomic E-state index is 12.4. The van der Waals surface area contributed by atoms with E-state index in [4.69, 9.17) is 4.52 Å². The highest BCUT2D eigenvalue weighted by atomic mass is 16.5. The molecule has 0 unspecified atom stereocenters. The van der Waals surface area contributed by atoms with Crippen molar-refractivity contribution in [3.05, 3.63) is 41.2 Å². The summed E-state index contributed by atoms with van der Waals surface area (Å²) in [6.07, 6.45) is 6.38. The zero-order chi connectivity index (χ0) is 17.4. The lowest BCUT2D eigenvalue weighted by atomic mass is 9.85. The number of carbonyl (C=O) groups is 1. The van der Waals surface area contributed by atoms with Crippen LogP contribution in [-0.2, 0) is 11.2 Å². The fourth-order valence-corrected chi connectivity index (χ4v) is 3.17. The second kappa shape index (κ2) is 6.31. The molecule has 0 atom stereocenters. The molecule has 7 heteroatoms. The number of rotatable bonds is 5. The molecule has 0 aromatic carbocycles. The second-order valence-electron chi connectivity index (χ2n) is 6.64. The summed E-state index contributed by atoms with van der Waals surface area (Å²) in [5.41, 5.74) is 3.25. The van der Waals surface area contributed by atoms with Crippen molar-refractivity contribution in [3.8, 4) is 0 Å². The third-order valence-electron chi connectivity index (χ3n) is 4.91. The number of aryl methyl sites for hydroxylation is 2. The number of nitrogens with zero attached hydrogens (tertiary/aromatic N) is 4. The normalized spacial score (nSPS) is 14.6. The van der Waals surface area contributed by atoms with E-state index in [1.807, 2.05) is 32.2 Å². The summed E-state index contributed by atoms with van der Waals surface area (Å²) in [6, 6.07) is 3.73. The minimum Gasteiger partial charge on any atom is -0.361 e. The van der Waals surface area contributed by atoms with Gasteiger partial charge < -0.3 is 9.84 Å². The molecule has 7 nitrogen and oxygen atoms in total. The van der Waals surface area contributed by atoms with Gasteiger partial charge in [-0.25, -0.2) is 9.50 Å². The smallest absolute Gasteiger partial charge is 0.224 e. The van der Waals surface area contributed by atoms with Gasteiger partial charge in [0.25, 0.3) is 0 Å². The molecule has 25 heavy (non-hydrogen) atoms. The Morgan fingerprint density at radius 3 is 2.92 bits per heavy atom. The summed E-state index contributed by atoms with van der Waals surface area (Å²) >= 11 is 0. The first-order valence-electron chi connectivity index (χ1n) is 8.68. The quantitative estimate of drug-likeness (QED) is 0.771. The molecule has 1 aliphatic carbocycles. The van der Waals surface area contributed by atoms with E-state index in [1.165, 1.54) is 6.42 Å². The molecular formula is C18H21N5O2. The van der Waals surface area contributed by atoms with Crippen molar-refractivity contribution in [1.29, 1.82) is 0 Å². The molecule has 130 valence electrons. The third-order valence-corrected chi connectivity index (χ3v) is 4.91. The Morgan fingerprint density at radius 2 is 2.24 bits per heavy atom. The number of pyridine rings is 1. The Morgan fingerprint density at radius 1 is 1.40 bits per heavy atom. The van der Waals surface area contributed by atoms with Gasteiger partial charge in [-0.3, -0.25) is 4.79 Å². The highest BCUT2D eigenvalue weighted by molar-refractivity contribution is 5.94. The average Bonchev–Trinajstić information content (AvgIpc) is 3.08. The third kappa shape index (κ3) is 3.01. The molecule has 1 fully saturated rings. The van der Waals surface area contributed by atoms with Crippen LogP contribution in [0.4, 0.5) is 5.69 Å². The number of fused-ring (bicyclic) bond motifs is 1. The van der Waals surface area contributed by atoms with Crippen LogP contribution in [0, 0.1) is 13.8 Å².